The molecule has 29 heavy (non-hydrogen) atoms. The summed E-state index contributed by atoms with van der Waals surface area (Å²) in [5.41, 5.74) is 0.546. The molecule has 2 rings (SSSR count). The standard InChI is InChI=1S/C17H16Cl3F3N2O3S/c1-25(2)9-15(10-3-5-12(18)13(19)7-10)24-29(26,27)16-6-4-11(8-14(16)20)28-17(21,22)23/h3-8,15,24H,9H2,1-2H3/t15-/m1/s1. The molecule has 2 aromatic carbocycles. The molecule has 0 heterocycles. The maximum absolute atomic E-state index is 12.8. The number of benzene rings is 2. The molecule has 1 N–H and O–H groups in total. The Morgan fingerprint density at radius 1 is 1.03 bits per heavy atom. The van der Waals surface area contributed by atoms with E-state index in [1.165, 1.54) is 12.1 Å². The van der Waals surface area contributed by atoms with Crippen LogP contribution in [0.2, 0.25) is 15.1 Å². The molecule has 0 spiro atoms. The fourth-order valence-electron chi connectivity index (χ4n) is 2.45. The lowest BCUT2D eigenvalue weighted by Crippen LogP contribution is -2.35. The second-order valence-corrected chi connectivity index (χ2v) is 9.15. The van der Waals surface area contributed by atoms with Gasteiger partial charge in [-0.15, -0.1) is 13.2 Å². The van der Waals surface area contributed by atoms with Crippen LogP contribution in [0, 0.1) is 0 Å². The minimum atomic E-state index is -4.92. The summed E-state index contributed by atoms with van der Waals surface area (Å²) in [6.45, 7) is 0.268. The number of hydrogen-bond acceptors (Lipinski definition) is 4. The molecule has 0 saturated carbocycles. The number of nitrogens with zero attached hydrogens (tertiary/aromatic N) is 1. The van der Waals surface area contributed by atoms with Crippen molar-refractivity contribution in [2.45, 2.75) is 17.3 Å². The van der Waals surface area contributed by atoms with Gasteiger partial charge in [0.25, 0.3) is 0 Å². The Morgan fingerprint density at radius 3 is 2.21 bits per heavy atom. The Morgan fingerprint density at radius 2 is 1.69 bits per heavy atom. The molecule has 0 bridgehead atoms. The Kier molecular flexibility index (Phi) is 7.69. The van der Waals surface area contributed by atoms with E-state index < -0.39 is 38.1 Å². The summed E-state index contributed by atoms with van der Waals surface area (Å²) >= 11 is 17.8. The third-order valence-corrected chi connectivity index (χ3v) is 6.31. The van der Waals surface area contributed by atoms with Crippen molar-refractivity contribution in [3.05, 3.63) is 57.0 Å². The number of sulfonamides is 1. The van der Waals surface area contributed by atoms with E-state index in [9.17, 15) is 21.6 Å². The summed E-state index contributed by atoms with van der Waals surface area (Å²) in [5.74, 6) is -0.629. The van der Waals surface area contributed by atoms with Gasteiger partial charge in [0.1, 0.15) is 10.6 Å². The summed E-state index contributed by atoms with van der Waals surface area (Å²) in [5, 5.41) is 0.140. The van der Waals surface area contributed by atoms with E-state index >= 15 is 0 Å². The van der Waals surface area contributed by atoms with E-state index in [0.717, 1.165) is 18.2 Å². The molecule has 0 aliphatic heterocycles. The Labute approximate surface area is 181 Å². The van der Waals surface area contributed by atoms with E-state index in [1.54, 1.807) is 25.1 Å². The van der Waals surface area contributed by atoms with Crippen LogP contribution in [0.15, 0.2) is 41.3 Å². The van der Waals surface area contributed by atoms with Crippen molar-refractivity contribution in [2.24, 2.45) is 0 Å². The first kappa shape index (κ1) is 24.0. The summed E-state index contributed by atoms with van der Waals surface area (Å²) in [7, 11) is -0.699. The van der Waals surface area contributed by atoms with Gasteiger partial charge >= 0.3 is 6.36 Å². The fraction of sp³-hybridized carbons (Fsp3) is 0.294. The van der Waals surface area contributed by atoms with Gasteiger partial charge in [-0.1, -0.05) is 40.9 Å². The lowest BCUT2D eigenvalue weighted by Gasteiger charge is -2.23. The molecule has 0 unspecified atom stereocenters. The monoisotopic (exact) mass is 490 g/mol. The van der Waals surface area contributed by atoms with Crippen molar-refractivity contribution in [1.29, 1.82) is 0 Å². The van der Waals surface area contributed by atoms with Gasteiger partial charge < -0.3 is 9.64 Å². The minimum absolute atomic E-state index is 0.249. The van der Waals surface area contributed by atoms with E-state index in [0.29, 0.717) is 10.6 Å². The van der Waals surface area contributed by atoms with Gasteiger partial charge in [0.05, 0.1) is 21.1 Å². The van der Waals surface area contributed by atoms with E-state index in [1.807, 2.05) is 0 Å². The van der Waals surface area contributed by atoms with Gasteiger partial charge in [-0.05, 0) is 43.9 Å². The Balaban J connectivity index is 2.35. The second kappa shape index (κ2) is 9.28. The van der Waals surface area contributed by atoms with E-state index in [-0.39, 0.29) is 11.6 Å². The predicted molar refractivity (Wildman–Crippen MR) is 106 cm³/mol. The Bertz CT molecular complexity index is 986. The highest BCUT2D eigenvalue weighted by molar-refractivity contribution is 7.89. The molecule has 12 heteroatoms. The van der Waals surface area contributed by atoms with Crippen molar-refractivity contribution in [1.82, 2.24) is 9.62 Å². The Hall–Kier alpha value is -1.23. The number of ether oxygens (including phenoxy) is 1. The molecule has 0 aliphatic carbocycles. The number of halogens is 6. The highest BCUT2D eigenvalue weighted by Crippen LogP contribution is 2.31. The van der Waals surface area contributed by atoms with Crippen LogP contribution >= 0.6 is 34.8 Å². The minimum Gasteiger partial charge on any atom is -0.406 e. The normalized spacial score (nSPS) is 13.6. The maximum atomic E-state index is 12.8. The third kappa shape index (κ3) is 6.91. The van der Waals surface area contributed by atoms with Crippen LogP contribution in [0.3, 0.4) is 0 Å². The molecule has 0 amide bonds. The van der Waals surface area contributed by atoms with Crippen LogP contribution in [0.4, 0.5) is 13.2 Å². The zero-order valence-electron chi connectivity index (χ0n) is 15.1. The highest BCUT2D eigenvalue weighted by atomic mass is 35.5. The molecule has 1 atom stereocenters. The van der Waals surface area contributed by atoms with Gasteiger partial charge in [0.15, 0.2) is 0 Å². The molecule has 0 aliphatic rings. The summed E-state index contributed by atoms with van der Waals surface area (Å²) < 4.78 is 68.9. The van der Waals surface area contributed by atoms with Crippen LogP contribution in [-0.4, -0.2) is 40.3 Å². The second-order valence-electron chi connectivity index (χ2n) is 6.25. The van der Waals surface area contributed by atoms with Gasteiger partial charge in [-0.25, -0.2) is 13.1 Å². The molecule has 5 nitrogen and oxygen atoms in total. The largest absolute Gasteiger partial charge is 0.573 e. The number of alkyl halides is 3. The molecular weight excluding hydrogens is 476 g/mol. The summed E-state index contributed by atoms with van der Waals surface area (Å²) in [6, 6.07) is 6.54. The topological polar surface area (TPSA) is 58.6 Å². The molecule has 0 saturated heterocycles. The number of nitrogens with one attached hydrogen (secondary N) is 1. The predicted octanol–water partition coefficient (Wildman–Crippen LogP) is 5.13. The average molecular weight is 492 g/mol. The van der Waals surface area contributed by atoms with Gasteiger partial charge in [0, 0.05) is 12.6 Å². The number of likely N-dealkylation sites (N-methyl/N-ethyl adjacent to an activating group) is 1. The maximum Gasteiger partial charge on any atom is 0.573 e. The summed E-state index contributed by atoms with van der Waals surface area (Å²) in [4.78, 5) is 1.36. The van der Waals surface area contributed by atoms with Gasteiger partial charge in [-0.2, -0.15) is 0 Å². The zero-order valence-corrected chi connectivity index (χ0v) is 18.2. The van der Waals surface area contributed by atoms with Crippen LogP contribution in [0.5, 0.6) is 5.75 Å². The van der Waals surface area contributed by atoms with E-state index in [2.05, 4.69) is 9.46 Å². The first-order valence-corrected chi connectivity index (χ1v) is 10.6. The van der Waals surface area contributed by atoms with Crippen molar-refractivity contribution < 1.29 is 26.3 Å². The van der Waals surface area contributed by atoms with Gasteiger partial charge in [0.2, 0.25) is 10.0 Å². The smallest absolute Gasteiger partial charge is 0.406 e. The van der Waals surface area contributed by atoms with Crippen LogP contribution < -0.4 is 9.46 Å². The van der Waals surface area contributed by atoms with Crippen LogP contribution in [-0.2, 0) is 10.0 Å². The van der Waals surface area contributed by atoms with Crippen molar-refractivity contribution in [3.8, 4) is 5.75 Å². The van der Waals surface area contributed by atoms with E-state index in [4.69, 9.17) is 34.8 Å². The zero-order chi connectivity index (χ0) is 22.0. The molecule has 0 radical (unpaired) electrons. The van der Waals surface area contributed by atoms with Crippen LogP contribution in [0.25, 0.3) is 0 Å². The highest BCUT2D eigenvalue weighted by Gasteiger charge is 2.32. The average Bonchev–Trinajstić information content (AvgIpc) is 2.54. The van der Waals surface area contributed by atoms with Crippen molar-refractivity contribution in [3.63, 3.8) is 0 Å². The molecule has 0 fully saturated rings. The lowest BCUT2D eigenvalue weighted by molar-refractivity contribution is -0.274. The van der Waals surface area contributed by atoms with Crippen molar-refractivity contribution in [2.75, 3.05) is 20.6 Å². The number of hydrogen-bond donors (Lipinski definition) is 1. The molecule has 0 aromatic heterocycles. The first-order chi connectivity index (χ1) is 13.3. The lowest BCUT2D eigenvalue weighted by atomic mass is 10.1. The molecule has 2 aromatic rings. The number of rotatable bonds is 7. The van der Waals surface area contributed by atoms with Gasteiger partial charge in [-0.3, -0.25) is 0 Å². The van der Waals surface area contributed by atoms with Crippen molar-refractivity contribution >= 4 is 44.8 Å². The third-order valence-electron chi connectivity index (χ3n) is 3.62. The quantitative estimate of drug-likeness (QED) is 0.584. The molecular formula is C17H16Cl3F3N2O3S. The molecule has 160 valence electrons. The first-order valence-electron chi connectivity index (χ1n) is 7.96. The summed E-state index contributed by atoms with van der Waals surface area (Å²) in [6.07, 6.45) is -4.92. The fourth-order valence-corrected chi connectivity index (χ4v) is 4.51. The SMILES string of the molecule is CN(C)C[C@@H](NS(=O)(=O)c1ccc(OC(F)(F)F)cc1Cl)c1ccc(Cl)c(Cl)c1. The van der Waals surface area contributed by atoms with Crippen LogP contribution in [0.1, 0.15) is 11.6 Å².